The van der Waals surface area contributed by atoms with Crippen molar-refractivity contribution < 1.29 is 0 Å². The molecule has 1 aliphatic rings. The SMILES string of the molecule is CC(CN)CN(C)Cc1ccc2c(c1)CCCC2. The second kappa shape index (κ2) is 6.35. The summed E-state index contributed by atoms with van der Waals surface area (Å²) >= 11 is 0. The molecule has 0 aromatic heterocycles. The molecule has 0 spiro atoms. The number of nitrogens with zero attached hydrogens (tertiary/aromatic N) is 1. The molecular weight excluding hydrogens is 220 g/mol. The van der Waals surface area contributed by atoms with Crippen LogP contribution in [0.5, 0.6) is 0 Å². The van der Waals surface area contributed by atoms with Gasteiger partial charge in [0.05, 0.1) is 0 Å². The molecule has 0 saturated carbocycles. The van der Waals surface area contributed by atoms with Crippen molar-refractivity contribution >= 4 is 0 Å². The van der Waals surface area contributed by atoms with Crippen molar-refractivity contribution in [3.8, 4) is 0 Å². The van der Waals surface area contributed by atoms with E-state index in [1.54, 1.807) is 11.1 Å². The first-order valence-electron chi connectivity index (χ1n) is 7.18. The van der Waals surface area contributed by atoms with Gasteiger partial charge in [-0.05, 0) is 61.9 Å². The minimum atomic E-state index is 0.577. The maximum atomic E-state index is 5.68. The lowest BCUT2D eigenvalue weighted by Gasteiger charge is -2.22. The molecule has 0 fully saturated rings. The van der Waals surface area contributed by atoms with E-state index in [9.17, 15) is 0 Å². The van der Waals surface area contributed by atoms with Crippen molar-refractivity contribution in [2.75, 3.05) is 20.1 Å². The summed E-state index contributed by atoms with van der Waals surface area (Å²) in [7, 11) is 2.19. The molecule has 1 atom stereocenters. The Morgan fingerprint density at radius 1 is 1.22 bits per heavy atom. The highest BCUT2D eigenvalue weighted by molar-refractivity contribution is 5.33. The maximum absolute atomic E-state index is 5.68. The van der Waals surface area contributed by atoms with E-state index in [2.05, 4.69) is 37.1 Å². The van der Waals surface area contributed by atoms with Gasteiger partial charge >= 0.3 is 0 Å². The van der Waals surface area contributed by atoms with Gasteiger partial charge in [-0.15, -0.1) is 0 Å². The van der Waals surface area contributed by atoms with Crippen LogP contribution in [0.1, 0.15) is 36.5 Å². The highest BCUT2D eigenvalue weighted by atomic mass is 15.1. The summed E-state index contributed by atoms with van der Waals surface area (Å²) in [6.45, 7) is 5.10. The van der Waals surface area contributed by atoms with Gasteiger partial charge in [-0.3, -0.25) is 0 Å². The third-order valence-electron chi connectivity index (χ3n) is 3.89. The van der Waals surface area contributed by atoms with Crippen LogP contribution >= 0.6 is 0 Å². The Morgan fingerprint density at radius 3 is 2.67 bits per heavy atom. The Morgan fingerprint density at radius 2 is 1.94 bits per heavy atom. The standard InChI is InChI=1S/C16H26N2/c1-13(10-17)11-18(2)12-14-7-8-15-5-3-4-6-16(15)9-14/h7-9,13H,3-6,10-12,17H2,1-2H3. The number of benzene rings is 1. The molecule has 0 heterocycles. The molecule has 18 heavy (non-hydrogen) atoms. The van der Waals surface area contributed by atoms with E-state index in [0.717, 1.165) is 19.6 Å². The van der Waals surface area contributed by atoms with Crippen LogP contribution in [0.3, 0.4) is 0 Å². The fraction of sp³-hybridized carbons (Fsp3) is 0.625. The number of hydrogen-bond donors (Lipinski definition) is 1. The number of hydrogen-bond acceptors (Lipinski definition) is 2. The van der Waals surface area contributed by atoms with Crippen molar-refractivity contribution in [1.82, 2.24) is 4.90 Å². The highest BCUT2D eigenvalue weighted by Gasteiger charge is 2.11. The van der Waals surface area contributed by atoms with Crippen LogP contribution in [0.15, 0.2) is 18.2 Å². The smallest absolute Gasteiger partial charge is 0.0230 e. The van der Waals surface area contributed by atoms with Gasteiger partial charge in [0.15, 0.2) is 0 Å². The molecule has 1 aromatic carbocycles. The summed E-state index contributed by atoms with van der Waals surface area (Å²) in [6, 6.07) is 7.05. The van der Waals surface area contributed by atoms with Gasteiger partial charge in [0.2, 0.25) is 0 Å². The highest BCUT2D eigenvalue weighted by Crippen LogP contribution is 2.22. The average Bonchev–Trinajstić information content (AvgIpc) is 2.38. The van der Waals surface area contributed by atoms with E-state index in [-0.39, 0.29) is 0 Å². The first-order chi connectivity index (χ1) is 8.69. The van der Waals surface area contributed by atoms with Crippen LogP contribution in [0.4, 0.5) is 0 Å². The zero-order chi connectivity index (χ0) is 13.0. The zero-order valence-corrected chi connectivity index (χ0v) is 11.8. The summed E-state index contributed by atoms with van der Waals surface area (Å²) in [6.07, 6.45) is 5.26. The van der Waals surface area contributed by atoms with Crippen LogP contribution in [-0.2, 0) is 19.4 Å². The summed E-state index contributed by atoms with van der Waals surface area (Å²) in [5.41, 5.74) is 10.3. The minimum absolute atomic E-state index is 0.577. The molecule has 1 unspecified atom stereocenters. The Labute approximate surface area is 111 Å². The number of fused-ring (bicyclic) bond motifs is 1. The molecule has 1 aromatic rings. The zero-order valence-electron chi connectivity index (χ0n) is 11.8. The Kier molecular flexibility index (Phi) is 4.79. The normalized spacial score (nSPS) is 16.7. The lowest BCUT2D eigenvalue weighted by molar-refractivity contribution is 0.282. The molecule has 2 nitrogen and oxygen atoms in total. The van der Waals surface area contributed by atoms with Gasteiger partial charge in [-0.2, -0.15) is 0 Å². The fourth-order valence-corrected chi connectivity index (χ4v) is 2.87. The molecule has 2 rings (SSSR count). The van der Waals surface area contributed by atoms with Gasteiger partial charge in [-0.25, -0.2) is 0 Å². The van der Waals surface area contributed by atoms with Crippen LogP contribution in [0.25, 0.3) is 0 Å². The van der Waals surface area contributed by atoms with Crippen LogP contribution < -0.4 is 5.73 Å². The molecule has 2 heteroatoms. The van der Waals surface area contributed by atoms with E-state index >= 15 is 0 Å². The first-order valence-corrected chi connectivity index (χ1v) is 7.18. The van der Waals surface area contributed by atoms with Gasteiger partial charge in [0.25, 0.3) is 0 Å². The summed E-state index contributed by atoms with van der Waals surface area (Å²) in [5.74, 6) is 0.577. The largest absolute Gasteiger partial charge is 0.330 e. The average molecular weight is 246 g/mol. The van der Waals surface area contributed by atoms with Crippen molar-refractivity contribution in [2.24, 2.45) is 11.7 Å². The van der Waals surface area contributed by atoms with Crippen molar-refractivity contribution in [2.45, 2.75) is 39.2 Å². The molecule has 0 bridgehead atoms. The third kappa shape index (κ3) is 3.56. The topological polar surface area (TPSA) is 29.3 Å². The number of nitrogens with two attached hydrogens (primary N) is 1. The lowest BCUT2D eigenvalue weighted by atomic mass is 9.90. The summed E-state index contributed by atoms with van der Waals surface area (Å²) < 4.78 is 0. The Hall–Kier alpha value is -0.860. The van der Waals surface area contributed by atoms with Gasteiger partial charge in [0.1, 0.15) is 0 Å². The molecule has 0 saturated heterocycles. The second-order valence-electron chi connectivity index (χ2n) is 5.85. The second-order valence-corrected chi connectivity index (χ2v) is 5.85. The first kappa shape index (κ1) is 13.6. The third-order valence-corrected chi connectivity index (χ3v) is 3.89. The van der Waals surface area contributed by atoms with E-state index in [4.69, 9.17) is 5.73 Å². The Balaban J connectivity index is 1.97. The monoisotopic (exact) mass is 246 g/mol. The number of rotatable bonds is 5. The predicted octanol–water partition coefficient (Wildman–Crippen LogP) is 2.59. The molecule has 100 valence electrons. The van der Waals surface area contributed by atoms with Gasteiger partial charge in [-0.1, -0.05) is 25.1 Å². The van der Waals surface area contributed by atoms with Gasteiger partial charge < -0.3 is 10.6 Å². The van der Waals surface area contributed by atoms with Crippen molar-refractivity contribution in [1.29, 1.82) is 0 Å². The van der Waals surface area contributed by atoms with Crippen LogP contribution in [0, 0.1) is 5.92 Å². The maximum Gasteiger partial charge on any atom is 0.0230 e. The lowest BCUT2D eigenvalue weighted by Crippen LogP contribution is -2.28. The molecular formula is C16H26N2. The van der Waals surface area contributed by atoms with E-state index in [0.29, 0.717) is 5.92 Å². The van der Waals surface area contributed by atoms with Gasteiger partial charge in [0, 0.05) is 13.1 Å². The van der Waals surface area contributed by atoms with E-state index in [1.165, 1.54) is 31.2 Å². The predicted molar refractivity (Wildman–Crippen MR) is 77.6 cm³/mol. The van der Waals surface area contributed by atoms with E-state index < -0.39 is 0 Å². The van der Waals surface area contributed by atoms with Crippen molar-refractivity contribution in [3.63, 3.8) is 0 Å². The molecule has 0 amide bonds. The van der Waals surface area contributed by atoms with Crippen LogP contribution in [-0.4, -0.2) is 25.0 Å². The van der Waals surface area contributed by atoms with Crippen LogP contribution in [0.2, 0.25) is 0 Å². The summed E-state index contributed by atoms with van der Waals surface area (Å²) in [5, 5.41) is 0. The van der Waals surface area contributed by atoms with Crippen molar-refractivity contribution in [3.05, 3.63) is 34.9 Å². The summed E-state index contributed by atoms with van der Waals surface area (Å²) in [4.78, 5) is 2.38. The minimum Gasteiger partial charge on any atom is -0.330 e. The quantitative estimate of drug-likeness (QED) is 0.865. The number of aryl methyl sites for hydroxylation is 2. The molecule has 0 radical (unpaired) electrons. The molecule has 0 aliphatic heterocycles. The Bertz CT molecular complexity index is 387. The molecule has 2 N–H and O–H groups in total. The fourth-order valence-electron chi connectivity index (χ4n) is 2.87. The molecule has 1 aliphatic carbocycles. The van der Waals surface area contributed by atoms with E-state index in [1.807, 2.05) is 0 Å².